The van der Waals surface area contributed by atoms with Gasteiger partial charge in [0.25, 0.3) is 11.8 Å². The first-order valence-corrected chi connectivity index (χ1v) is 8.55. The summed E-state index contributed by atoms with van der Waals surface area (Å²) in [6, 6.07) is 10.6. The molecule has 1 aliphatic heterocycles. The van der Waals surface area contributed by atoms with E-state index in [0.717, 1.165) is 16.3 Å². The Labute approximate surface area is 151 Å². The van der Waals surface area contributed by atoms with Crippen LogP contribution in [0.15, 0.2) is 42.6 Å². The molecular weight excluding hydrogens is 345 g/mol. The van der Waals surface area contributed by atoms with Crippen LogP contribution in [0.3, 0.4) is 0 Å². The molecule has 5 aromatic rings. The largest absolute Gasteiger partial charge is 0.354 e. The van der Waals surface area contributed by atoms with E-state index in [0.29, 0.717) is 32.8 Å². The highest BCUT2D eigenvalue weighted by atomic mass is 19.1. The van der Waals surface area contributed by atoms with Crippen LogP contribution in [0.4, 0.5) is 4.39 Å². The molecule has 0 spiro atoms. The van der Waals surface area contributed by atoms with E-state index in [1.807, 2.05) is 36.0 Å². The van der Waals surface area contributed by atoms with Gasteiger partial charge < -0.3 is 9.55 Å². The molecule has 0 aliphatic carbocycles. The molecule has 0 bridgehead atoms. The molecule has 0 radical (unpaired) electrons. The number of H-pyrrole nitrogens is 1. The Morgan fingerprint density at radius 1 is 0.926 bits per heavy atom. The molecule has 2 amide bonds. The Kier molecular flexibility index (Phi) is 2.43. The zero-order chi connectivity index (χ0) is 18.4. The van der Waals surface area contributed by atoms with Crippen molar-refractivity contribution in [3.63, 3.8) is 0 Å². The maximum Gasteiger partial charge on any atom is 0.259 e. The van der Waals surface area contributed by atoms with Crippen molar-refractivity contribution >= 4 is 55.3 Å². The van der Waals surface area contributed by atoms with Crippen molar-refractivity contribution in [3.8, 4) is 0 Å². The first-order valence-electron chi connectivity index (χ1n) is 8.55. The van der Waals surface area contributed by atoms with E-state index in [9.17, 15) is 14.0 Å². The van der Waals surface area contributed by atoms with Gasteiger partial charge in [0, 0.05) is 45.7 Å². The van der Waals surface area contributed by atoms with Gasteiger partial charge in [0.2, 0.25) is 0 Å². The van der Waals surface area contributed by atoms with Gasteiger partial charge in [-0.25, -0.2) is 4.39 Å². The number of aryl methyl sites for hydroxylation is 1. The number of aromatic amines is 1. The molecule has 3 heterocycles. The number of rotatable bonds is 0. The summed E-state index contributed by atoms with van der Waals surface area (Å²) in [6.45, 7) is 0. The van der Waals surface area contributed by atoms with Crippen LogP contribution in [0.1, 0.15) is 20.7 Å². The highest BCUT2D eigenvalue weighted by molar-refractivity contribution is 6.39. The lowest BCUT2D eigenvalue weighted by Crippen LogP contribution is -2.20. The molecule has 0 atom stereocenters. The van der Waals surface area contributed by atoms with Crippen molar-refractivity contribution in [2.24, 2.45) is 7.05 Å². The fourth-order valence-corrected chi connectivity index (χ4v) is 4.44. The minimum Gasteiger partial charge on any atom is -0.354 e. The molecule has 6 rings (SSSR count). The number of fused-ring (bicyclic) bond motifs is 10. The summed E-state index contributed by atoms with van der Waals surface area (Å²) < 4.78 is 16.6. The number of imide groups is 1. The van der Waals surface area contributed by atoms with Crippen molar-refractivity contribution in [2.75, 3.05) is 0 Å². The lowest BCUT2D eigenvalue weighted by molar-refractivity contribution is 0.0880. The summed E-state index contributed by atoms with van der Waals surface area (Å²) in [5.74, 6) is -1.36. The van der Waals surface area contributed by atoms with Gasteiger partial charge in [-0.3, -0.25) is 14.9 Å². The zero-order valence-electron chi connectivity index (χ0n) is 14.2. The second-order valence-electron chi connectivity index (χ2n) is 6.92. The molecule has 2 aromatic heterocycles. The molecule has 0 saturated carbocycles. The van der Waals surface area contributed by atoms with Crippen molar-refractivity contribution in [1.82, 2.24) is 14.9 Å². The normalized spacial score (nSPS) is 14.0. The summed E-state index contributed by atoms with van der Waals surface area (Å²) in [4.78, 5) is 28.6. The number of amides is 2. The third-order valence-corrected chi connectivity index (χ3v) is 5.51. The van der Waals surface area contributed by atoms with E-state index in [4.69, 9.17) is 0 Å². The van der Waals surface area contributed by atoms with E-state index in [-0.39, 0.29) is 5.56 Å². The monoisotopic (exact) mass is 357 g/mol. The van der Waals surface area contributed by atoms with Crippen molar-refractivity contribution in [1.29, 1.82) is 0 Å². The molecule has 0 fully saturated rings. The summed E-state index contributed by atoms with van der Waals surface area (Å²) in [7, 11) is 1.90. The molecule has 1 aliphatic rings. The Morgan fingerprint density at radius 3 is 2.52 bits per heavy atom. The lowest BCUT2D eigenvalue weighted by Gasteiger charge is -2.09. The lowest BCUT2D eigenvalue weighted by atomic mass is 9.93. The highest BCUT2D eigenvalue weighted by Gasteiger charge is 2.34. The number of hydrogen-bond donors (Lipinski definition) is 2. The Hall–Kier alpha value is -3.67. The molecule has 27 heavy (non-hydrogen) atoms. The quantitative estimate of drug-likeness (QED) is 0.412. The second-order valence-corrected chi connectivity index (χ2v) is 6.92. The van der Waals surface area contributed by atoms with Gasteiger partial charge in [-0.2, -0.15) is 0 Å². The number of nitrogens with zero attached hydrogens (tertiary/aromatic N) is 1. The molecule has 2 N–H and O–H groups in total. The summed E-state index contributed by atoms with van der Waals surface area (Å²) in [5.41, 5.74) is 2.69. The van der Waals surface area contributed by atoms with Crippen LogP contribution in [0.5, 0.6) is 0 Å². The first-order chi connectivity index (χ1) is 13.1. The molecule has 6 heteroatoms. The van der Waals surface area contributed by atoms with Gasteiger partial charge in [-0.1, -0.05) is 18.2 Å². The van der Waals surface area contributed by atoms with Gasteiger partial charge >= 0.3 is 0 Å². The predicted octanol–water partition coefficient (Wildman–Crippen LogP) is 3.99. The minimum atomic E-state index is -0.489. The second kappa shape index (κ2) is 4.54. The van der Waals surface area contributed by atoms with Crippen LogP contribution in [-0.4, -0.2) is 21.4 Å². The van der Waals surface area contributed by atoms with E-state index < -0.39 is 17.6 Å². The molecule has 0 saturated heterocycles. The fourth-order valence-electron chi connectivity index (χ4n) is 4.44. The molecule has 3 aromatic carbocycles. The molecule has 5 nitrogen and oxygen atoms in total. The summed E-state index contributed by atoms with van der Waals surface area (Å²) >= 11 is 0. The van der Waals surface area contributed by atoms with Crippen LogP contribution in [-0.2, 0) is 7.05 Å². The third-order valence-electron chi connectivity index (χ3n) is 5.51. The maximum absolute atomic E-state index is 14.7. The minimum absolute atomic E-state index is 0.243. The Bertz CT molecular complexity index is 1510. The SMILES string of the molecule is Cn1ccc2ccc3c4[nH]c5cccc(F)c5c4c4c(c3c21)C(=O)NC4=O. The number of aromatic nitrogens is 2. The van der Waals surface area contributed by atoms with E-state index in [1.54, 1.807) is 12.1 Å². The van der Waals surface area contributed by atoms with Crippen molar-refractivity contribution in [2.45, 2.75) is 0 Å². The van der Waals surface area contributed by atoms with Gasteiger partial charge in [-0.15, -0.1) is 0 Å². The average Bonchev–Trinajstić information content (AvgIpc) is 3.29. The molecule has 130 valence electrons. The zero-order valence-corrected chi connectivity index (χ0v) is 14.2. The Balaban J connectivity index is 2.05. The predicted molar refractivity (Wildman–Crippen MR) is 102 cm³/mol. The van der Waals surface area contributed by atoms with Gasteiger partial charge in [0.15, 0.2) is 0 Å². The van der Waals surface area contributed by atoms with Crippen molar-refractivity contribution in [3.05, 3.63) is 59.5 Å². The maximum atomic E-state index is 14.7. The molecular formula is C21H12FN3O2. The van der Waals surface area contributed by atoms with Crippen LogP contribution >= 0.6 is 0 Å². The summed E-state index contributed by atoms with van der Waals surface area (Å²) in [6.07, 6.45) is 1.92. The van der Waals surface area contributed by atoms with E-state index in [1.165, 1.54) is 6.07 Å². The fraction of sp³-hybridized carbons (Fsp3) is 0.0476. The standard InChI is InChI=1S/C21H12FN3O2/c1-25-8-7-9-5-6-10-13(19(9)25)16-17(21(27)24-20(16)26)15-14-11(22)3-2-4-12(14)23-18(10)15/h2-8,23H,1H3,(H,24,26,27). The highest BCUT2D eigenvalue weighted by Crippen LogP contribution is 2.42. The first kappa shape index (κ1) is 14.5. The Morgan fingerprint density at radius 2 is 1.70 bits per heavy atom. The smallest absolute Gasteiger partial charge is 0.259 e. The average molecular weight is 357 g/mol. The van der Waals surface area contributed by atoms with Gasteiger partial charge in [0.1, 0.15) is 5.82 Å². The van der Waals surface area contributed by atoms with Crippen molar-refractivity contribution < 1.29 is 14.0 Å². The summed E-state index contributed by atoms with van der Waals surface area (Å²) in [5, 5.41) is 5.66. The van der Waals surface area contributed by atoms with E-state index >= 15 is 0 Å². The number of nitrogens with one attached hydrogen (secondary N) is 2. The number of carbonyl (C=O) groups is 2. The van der Waals surface area contributed by atoms with Gasteiger partial charge in [0.05, 0.1) is 22.2 Å². The number of carbonyl (C=O) groups excluding carboxylic acids is 2. The third kappa shape index (κ3) is 1.58. The number of hydrogen-bond acceptors (Lipinski definition) is 2. The van der Waals surface area contributed by atoms with Crippen LogP contribution in [0, 0.1) is 5.82 Å². The molecule has 0 unspecified atom stereocenters. The topological polar surface area (TPSA) is 66.9 Å². The van der Waals surface area contributed by atoms with Crippen LogP contribution < -0.4 is 5.32 Å². The van der Waals surface area contributed by atoms with Crippen LogP contribution in [0.2, 0.25) is 0 Å². The number of benzene rings is 3. The van der Waals surface area contributed by atoms with E-state index in [2.05, 4.69) is 10.3 Å². The van der Waals surface area contributed by atoms with Crippen LogP contribution in [0.25, 0.3) is 43.5 Å². The number of halogens is 1. The van der Waals surface area contributed by atoms with Gasteiger partial charge in [-0.05, 0) is 18.2 Å².